The van der Waals surface area contributed by atoms with Crippen LogP contribution in [0.3, 0.4) is 0 Å². The molecule has 1 aromatic rings. The number of aryl methyl sites for hydroxylation is 1. The van der Waals surface area contributed by atoms with Gasteiger partial charge in [-0.2, -0.15) is 0 Å². The summed E-state index contributed by atoms with van der Waals surface area (Å²) in [7, 11) is 0. The molecule has 0 fully saturated rings. The highest BCUT2D eigenvalue weighted by Crippen LogP contribution is 2.15. The predicted molar refractivity (Wildman–Crippen MR) is 83.3 cm³/mol. The monoisotopic (exact) mass is 291 g/mol. The van der Waals surface area contributed by atoms with Crippen LogP contribution in [-0.4, -0.2) is 22.5 Å². The van der Waals surface area contributed by atoms with Crippen molar-refractivity contribution in [1.82, 2.24) is 5.32 Å². The molecule has 4 nitrogen and oxygen atoms in total. The van der Waals surface area contributed by atoms with Gasteiger partial charge in [0.05, 0.1) is 0 Å². The predicted octanol–water partition coefficient (Wildman–Crippen LogP) is 3.11. The second-order valence-electron chi connectivity index (χ2n) is 6.23. The third-order valence-electron chi connectivity index (χ3n) is 3.50. The van der Waals surface area contributed by atoms with Gasteiger partial charge in [0.2, 0.25) is 5.91 Å². The topological polar surface area (TPSA) is 66.4 Å². The van der Waals surface area contributed by atoms with E-state index in [9.17, 15) is 9.59 Å². The minimum absolute atomic E-state index is 0.221. The molecule has 1 amide bonds. The Morgan fingerprint density at radius 1 is 1.19 bits per heavy atom. The van der Waals surface area contributed by atoms with E-state index in [1.54, 1.807) is 0 Å². The van der Waals surface area contributed by atoms with Crippen molar-refractivity contribution < 1.29 is 14.7 Å². The van der Waals surface area contributed by atoms with Crippen molar-refractivity contribution >= 4 is 11.9 Å². The Balaban J connectivity index is 2.40. The molecule has 0 saturated carbocycles. The molecule has 0 radical (unpaired) electrons. The van der Waals surface area contributed by atoms with Gasteiger partial charge in [-0.1, -0.05) is 38.1 Å². The van der Waals surface area contributed by atoms with Crippen molar-refractivity contribution in [2.24, 2.45) is 0 Å². The fourth-order valence-electron chi connectivity index (χ4n) is 1.99. The quantitative estimate of drug-likeness (QED) is 0.811. The molecule has 0 spiro atoms. The van der Waals surface area contributed by atoms with Crippen LogP contribution >= 0.6 is 0 Å². The smallest absolute Gasteiger partial charge is 0.328 e. The van der Waals surface area contributed by atoms with E-state index in [-0.39, 0.29) is 5.91 Å². The lowest BCUT2D eigenvalue weighted by atomic mass is 9.99. The Bertz CT molecular complexity index is 489. The van der Waals surface area contributed by atoms with Gasteiger partial charge in [0.1, 0.15) is 5.54 Å². The van der Waals surface area contributed by atoms with Gasteiger partial charge in [-0.25, -0.2) is 4.79 Å². The number of amides is 1. The first-order valence-corrected chi connectivity index (χ1v) is 7.35. The zero-order valence-corrected chi connectivity index (χ0v) is 13.3. The molecule has 0 unspecified atom stereocenters. The first-order chi connectivity index (χ1) is 9.72. The number of carbonyl (C=O) groups excluding carboxylic acids is 1. The first-order valence-electron chi connectivity index (χ1n) is 7.35. The van der Waals surface area contributed by atoms with Crippen molar-refractivity contribution in [3.63, 3.8) is 0 Å². The van der Waals surface area contributed by atoms with Crippen LogP contribution in [-0.2, 0) is 16.0 Å². The number of carboxylic acid groups (broad SMARTS) is 1. The molecule has 0 atom stereocenters. The third-order valence-corrected chi connectivity index (χ3v) is 3.50. The zero-order valence-electron chi connectivity index (χ0n) is 13.3. The number of carbonyl (C=O) groups is 2. The fraction of sp³-hybridized carbons (Fsp3) is 0.529. The highest BCUT2D eigenvalue weighted by Gasteiger charge is 2.28. The number of nitrogens with one attached hydrogen (secondary N) is 1. The highest BCUT2D eigenvalue weighted by atomic mass is 16.4. The van der Waals surface area contributed by atoms with Crippen molar-refractivity contribution in [1.29, 1.82) is 0 Å². The lowest BCUT2D eigenvalue weighted by Gasteiger charge is -2.20. The van der Waals surface area contributed by atoms with E-state index >= 15 is 0 Å². The van der Waals surface area contributed by atoms with Crippen LogP contribution in [0.15, 0.2) is 24.3 Å². The van der Waals surface area contributed by atoms with Gasteiger partial charge in [-0.15, -0.1) is 0 Å². The molecule has 0 heterocycles. The molecule has 0 aromatic heterocycles. The van der Waals surface area contributed by atoms with E-state index < -0.39 is 11.5 Å². The summed E-state index contributed by atoms with van der Waals surface area (Å²) in [4.78, 5) is 22.6. The largest absolute Gasteiger partial charge is 0.480 e. The molecular formula is C17H25NO3. The van der Waals surface area contributed by atoms with Crippen molar-refractivity contribution in [3.8, 4) is 0 Å². The summed E-state index contributed by atoms with van der Waals surface area (Å²) < 4.78 is 0. The van der Waals surface area contributed by atoms with E-state index in [4.69, 9.17) is 5.11 Å². The minimum atomic E-state index is -1.21. The molecule has 0 saturated heterocycles. The van der Waals surface area contributed by atoms with Crippen molar-refractivity contribution in [2.75, 3.05) is 0 Å². The fourth-order valence-corrected chi connectivity index (χ4v) is 1.99. The van der Waals surface area contributed by atoms with Crippen LogP contribution in [0.2, 0.25) is 0 Å². The van der Waals surface area contributed by atoms with Gasteiger partial charge in [0, 0.05) is 6.42 Å². The average Bonchev–Trinajstić information content (AvgIpc) is 2.38. The van der Waals surface area contributed by atoms with E-state index in [0.717, 1.165) is 6.42 Å². The van der Waals surface area contributed by atoms with Gasteiger partial charge in [-0.3, -0.25) is 4.79 Å². The number of hydrogen-bond acceptors (Lipinski definition) is 2. The summed E-state index contributed by atoms with van der Waals surface area (Å²) in [5.74, 6) is -0.732. The van der Waals surface area contributed by atoms with Gasteiger partial charge >= 0.3 is 5.97 Å². The van der Waals surface area contributed by atoms with Crippen LogP contribution in [0, 0.1) is 0 Å². The molecule has 4 heteroatoms. The van der Waals surface area contributed by atoms with Crippen LogP contribution < -0.4 is 5.32 Å². The highest BCUT2D eigenvalue weighted by molar-refractivity contribution is 5.86. The Morgan fingerprint density at radius 2 is 1.76 bits per heavy atom. The maximum Gasteiger partial charge on any atom is 0.328 e. The van der Waals surface area contributed by atoms with Gasteiger partial charge in [-0.05, 0) is 43.7 Å². The van der Waals surface area contributed by atoms with Gasteiger partial charge in [0.15, 0.2) is 0 Å². The number of carboxylic acids is 1. The molecule has 21 heavy (non-hydrogen) atoms. The molecule has 1 rings (SSSR count). The number of hydrogen-bond donors (Lipinski definition) is 2. The average molecular weight is 291 g/mol. The lowest BCUT2D eigenvalue weighted by molar-refractivity contribution is -0.146. The number of benzene rings is 1. The SMILES string of the molecule is CC(C)c1ccc(CCCC(=O)NC(C)(C)C(=O)O)cc1. The van der Waals surface area contributed by atoms with Gasteiger partial charge < -0.3 is 10.4 Å². The maximum atomic E-state index is 11.7. The normalized spacial score (nSPS) is 11.5. The van der Waals surface area contributed by atoms with E-state index in [2.05, 4.69) is 43.4 Å². The summed E-state index contributed by atoms with van der Waals surface area (Å²) in [6.45, 7) is 7.28. The van der Waals surface area contributed by atoms with E-state index in [1.807, 2.05) is 0 Å². The molecular weight excluding hydrogens is 266 g/mol. The molecule has 116 valence electrons. The Morgan fingerprint density at radius 3 is 2.24 bits per heavy atom. The molecule has 0 aliphatic heterocycles. The van der Waals surface area contributed by atoms with Crippen LogP contribution in [0.25, 0.3) is 0 Å². The minimum Gasteiger partial charge on any atom is -0.480 e. The second kappa shape index (κ2) is 7.25. The lowest BCUT2D eigenvalue weighted by Crippen LogP contribution is -2.49. The maximum absolute atomic E-state index is 11.7. The van der Waals surface area contributed by atoms with Gasteiger partial charge in [0.25, 0.3) is 0 Å². The van der Waals surface area contributed by atoms with E-state index in [0.29, 0.717) is 18.8 Å². The first kappa shape index (κ1) is 17.2. The van der Waals surface area contributed by atoms with E-state index in [1.165, 1.54) is 25.0 Å². The summed E-state index contributed by atoms with van der Waals surface area (Å²) in [6.07, 6.45) is 1.87. The molecule has 0 aliphatic carbocycles. The summed E-state index contributed by atoms with van der Waals surface area (Å²) in [6, 6.07) is 8.42. The standard InChI is InChI=1S/C17H25NO3/c1-12(2)14-10-8-13(9-11-14)6-5-7-15(19)18-17(3,4)16(20)21/h8-12H,5-7H2,1-4H3,(H,18,19)(H,20,21). The Kier molecular flexibility index (Phi) is 5.94. The summed E-state index contributed by atoms with van der Waals surface area (Å²) in [5.41, 5.74) is 1.29. The number of aliphatic carboxylic acids is 1. The Labute approximate surface area is 126 Å². The van der Waals surface area contributed by atoms with Crippen LogP contribution in [0.1, 0.15) is 57.6 Å². The van der Waals surface area contributed by atoms with Crippen LogP contribution in [0.5, 0.6) is 0 Å². The summed E-state index contributed by atoms with van der Waals surface area (Å²) in [5, 5.41) is 11.5. The molecule has 0 aliphatic rings. The second-order valence-corrected chi connectivity index (χ2v) is 6.23. The molecule has 1 aromatic carbocycles. The van der Waals surface area contributed by atoms with Crippen molar-refractivity contribution in [2.45, 2.75) is 58.4 Å². The van der Waals surface area contributed by atoms with Crippen molar-refractivity contribution in [3.05, 3.63) is 35.4 Å². The Hall–Kier alpha value is -1.84. The zero-order chi connectivity index (χ0) is 16.0. The molecule has 0 bridgehead atoms. The number of rotatable bonds is 7. The van der Waals surface area contributed by atoms with Crippen LogP contribution in [0.4, 0.5) is 0 Å². The third kappa shape index (κ3) is 5.58. The summed E-state index contributed by atoms with van der Waals surface area (Å²) >= 11 is 0. The molecule has 2 N–H and O–H groups in total.